The van der Waals surface area contributed by atoms with E-state index in [2.05, 4.69) is 10.1 Å². The number of oxazole rings is 1. The van der Waals surface area contributed by atoms with E-state index in [9.17, 15) is 4.79 Å². The van der Waals surface area contributed by atoms with Crippen LogP contribution in [0.3, 0.4) is 0 Å². The highest BCUT2D eigenvalue weighted by atomic mass is 16.5. The van der Waals surface area contributed by atoms with Crippen molar-refractivity contribution in [3.05, 3.63) is 24.4 Å². The predicted octanol–water partition coefficient (Wildman–Crippen LogP) is 2.05. The van der Waals surface area contributed by atoms with Crippen molar-refractivity contribution >= 4 is 5.97 Å². The maximum Gasteiger partial charge on any atom is 0.361 e. The fraction of sp³-hybridized carbons (Fsp3) is 0.417. The summed E-state index contributed by atoms with van der Waals surface area (Å²) in [6.45, 7) is 2.07. The Bertz CT molecular complexity index is 569. The molecule has 2 aromatic heterocycles. The summed E-state index contributed by atoms with van der Waals surface area (Å²) in [6, 6.07) is 2.23. The lowest BCUT2D eigenvalue weighted by atomic mass is 10.2. The number of nitrogens with zero attached hydrogens (tertiary/aromatic N) is 3. The van der Waals surface area contributed by atoms with Gasteiger partial charge >= 0.3 is 5.97 Å². The van der Waals surface area contributed by atoms with Gasteiger partial charge in [-0.05, 0) is 25.8 Å². The Morgan fingerprint density at radius 2 is 2.44 bits per heavy atom. The first-order valence-corrected chi connectivity index (χ1v) is 5.95. The molecule has 0 radical (unpaired) electrons. The molecule has 18 heavy (non-hydrogen) atoms. The zero-order valence-electron chi connectivity index (χ0n) is 10.00. The van der Waals surface area contributed by atoms with Crippen molar-refractivity contribution in [2.24, 2.45) is 0 Å². The molecule has 0 bridgehead atoms. The quantitative estimate of drug-likeness (QED) is 0.773. The van der Waals surface area contributed by atoms with Gasteiger partial charge in [0.25, 0.3) is 0 Å². The van der Waals surface area contributed by atoms with Crippen LogP contribution in [0.4, 0.5) is 0 Å². The highest BCUT2D eigenvalue weighted by Gasteiger charge is 2.29. The number of aromatic nitrogens is 3. The molecular weight excluding hydrogens is 234 g/mol. The third kappa shape index (κ3) is 1.79. The first-order chi connectivity index (χ1) is 8.81. The van der Waals surface area contributed by atoms with Crippen molar-refractivity contribution in [1.29, 1.82) is 0 Å². The molecule has 0 spiro atoms. The Labute approximate surface area is 104 Å². The Hall–Kier alpha value is -2.11. The van der Waals surface area contributed by atoms with Gasteiger partial charge in [0.05, 0.1) is 12.6 Å². The van der Waals surface area contributed by atoms with Crippen molar-refractivity contribution in [1.82, 2.24) is 14.8 Å². The Kier molecular flexibility index (Phi) is 2.62. The molecule has 0 unspecified atom stereocenters. The fourth-order valence-corrected chi connectivity index (χ4v) is 1.88. The van der Waals surface area contributed by atoms with Crippen molar-refractivity contribution in [2.45, 2.75) is 25.8 Å². The topological polar surface area (TPSA) is 70.2 Å². The van der Waals surface area contributed by atoms with Gasteiger partial charge in [-0.2, -0.15) is 5.10 Å². The molecule has 1 saturated carbocycles. The van der Waals surface area contributed by atoms with Gasteiger partial charge in [-0.3, -0.25) is 4.68 Å². The number of rotatable bonds is 4. The van der Waals surface area contributed by atoms with Gasteiger partial charge in [0, 0.05) is 6.20 Å². The van der Waals surface area contributed by atoms with E-state index in [0.717, 1.165) is 18.5 Å². The number of hydrogen-bond donors (Lipinski definition) is 0. The van der Waals surface area contributed by atoms with Gasteiger partial charge in [-0.15, -0.1) is 0 Å². The van der Waals surface area contributed by atoms with Crippen LogP contribution < -0.4 is 0 Å². The van der Waals surface area contributed by atoms with E-state index in [4.69, 9.17) is 9.15 Å². The smallest absolute Gasteiger partial charge is 0.361 e. The van der Waals surface area contributed by atoms with Gasteiger partial charge in [-0.1, -0.05) is 0 Å². The maximum atomic E-state index is 11.7. The van der Waals surface area contributed by atoms with E-state index >= 15 is 0 Å². The zero-order chi connectivity index (χ0) is 12.5. The number of ether oxygens (including phenoxy) is 1. The fourth-order valence-electron chi connectivity index (χ4n) is 1.88. The molecule has 6 heteroatoms. The van der Waals surface area contributed by atoms with Gasteiger partial charge < -0.3 is 9.15 Å². The second kappa shape index (κ2) is 4.29. The van der Waals surface area contributed by atoms with Crippen molar-refractivity contribution in [2.75, 3.05) is 6.61 Å². The summed E-state index contributed by atoms with van der Waals surface area (Å²) >= 11 is 0. The maximum absolute atomic E-state index is 11.7. The minimum absolute atomic E-state index is 0.208. The molecule has 94 valence electrons. The molecular formula is C12H13N3O3. The van der Waals surface area contributed by atoms with Gasteiger partial charge in [0.15, 0.2) is 17.8 Å². The SMILES string of the molecule is CCOC(=O)c1ncoc1-c1ccnn1C1CC1. The van der Waals surface area contributed by atoms with Crippen LogP contribution in [0.2, 0.25) is 0 Å². The van der Waals surface area contributed by atoms with E-state index in [1.54, 1.807) is 13.1 Å². The van der Waals surface area contributed by atoms with Crippen molar-refractivity contribution in [3.8, 4) is 11.5 Å². The predicted molar refractivity (Wildman–Crippen MR) is 62.0 cm³/mol. The Morgan fingerprint density at radius 1 is 1.61 bits per heavy atom. The molecule has 2 heterocycles. The zero-order valence-corrected chi connectivity index (χ0v) is 10.00. The molecule has 1 fully saturated rings. The lowest BCUT2D eigenvalue weighted by Crippen LogP contribution is -2.08. The van der Waals surface area contributed by atoms with E-state index in [-0.39, 0.29) is 5.69 Å². The van der Waals surface area contributed by atoms with E-state index in [1.165, 1.54) is 6.39 Å². The van der Waals surface area contributed by atoms with Crippen LogP contribution in [0.25, 0.3) is 11.5 Å². The molecule has 0 N–H and O–H groups in total. The summed E-state index contributed by atoms with van der Waals surface area (Å²) in [5, 5.41) is 4.26. The van der Waals surface area contributed by atoms with E-state index in [1.807, 2.05) is 10.7 Å². The molecule has 2 aromatic rings. The van der Waals surface area contributed by atoms with Crippen LogP contribution in [-0.4, -0.2) is 27.3 Å². The standard InChI is InChI=1S/C12H13N3O3/c1-2-17-12(16)10-11(18-7-13-10)9-5-6-14-15(9)8-3-4-8/h5-8H,2-4H2,1H3. The average molecular weight is 247 g/mol. The highest BCUT2D eigenvalue weighted by Crippen LogP contribution is 2.38. The highest BCUT2D eigenvalue weighted by molar-refractivity contribution is 5.93. The largest absolute Gasteiger partial charge is 0.461 e. The number of hydrogen-bond acceptors (Lipinski definition) is 5. The lowest BCUT2D eigenvalue weighted by Gasteiger charge is -2.04. The number of carbonyl (C=O) groups excluding carboxylic acids is 1. The molecule has 0 aromatic carbocycles. The summed E-state index contributed by atoms with van der Waals surface area (Å²) in [4.78, 5) is 15.7. The van der Waals surface area contributed by atoms with Crippen LogP contribution in [-0.2, 0) is 4.74 Å². The normalized spacial score (nSPS) is 14.7. The molecule has 6 nitrogen and oxygen atoms in total. The van der Waals surface area contributed by atoms with Gasteiger partial charge in [-0.25, -0.2) is 9.78 Å². The Balaban J connectivity index is 1.98. The average Bonchev–Trinajstić information content (AvgIpc) is 2.93. The van der Waals surface area contributed by atoms with Gasteiger partial charge in [0.1, 0.15) is 5.69 Å². The molecule has 0 saturated heterocycles. The second-order valence-electron chi connectivity index (χ2n) is 4.14. The third-order valence-corrected chi connectivity index (χ3v) is 2.83. The molecule has 0 atom stereocenters. The summed E-state index contributed by atoms with van der Waals surface area (Å²) in [7, 11) is 0. The van der Waals surface area contributed by atoms with Crippen LogP contribution >= 0.6 is 0 Å². The number of carbonyl (C=O) groups is 1. The lowest BCUT2D eigenvalue weighted by molar-refractivity contribution is 0.0520. The first kappa shape index (κ1) is 11.0. The third-order valence-electron chi connectivity index (χ3n) is 2.83. The van der Waals surface area contributed by atoms with Crippen LogP contribution in [0.1, 0.15) is 36.3 Å². The summed E-state index contributed by atoms with van der Waals surface area (Å²) in [5.74, 6) is -0.0392. The molecule has 1 aliphatic carbocycles. The first-order valence-electron chi connectivity index (χ1n) is 5.95. The molecule has 0 amide bonds. The summed E-state index contributed by atoms with van der Waals surface area (Å²) in [6.07, 6.45) is 5.17. The van der Waals surface area contributed by atoms with Gasteiger partial charge in [0.2, 0.25) is 0 Å². The van der Waals surface area contributed by atoms with E-state index < -0.39 is 5.97 Å². The van der Waals surface area contributed by atoms with E-state index in [0.29, 0.717) is 18.4 Å². The minimum atomic E-state index is -0.468. The second-order valence-corrected chi connectivity index (χ2v) is 4.14. The minimum Gasteiger partial charge on any atom is -0.461 e. The molecule has 0 aliphatic heterocycles. The Morgan fingerprint density at radius 3 is 3.17 bits per heavy atom. The van der Waals surface area contributed by atoms with Crippen molar-refractivity contribution < 1.29 is 13.9 Å². The number of esters is 1. The monoisotopic (exact) mass is 247 g/mol. The van der Waals surface area contributed by atoms with Crippen LogP contribution in [0.15, 0.2) is 23.1 Å². The molecule has 3 rings (SSSR count). The molecule has 1 aliphatic rings. The summed E-state index contributed by atoms with van der Waals surface area (Å²) in [5.41, 5.74) is 0.984. The van der Waals surface area contributed by atoms with Crippen molar-refractivity contribution in [3.63, 3.8) is 0 Å². The summed E-state index contributed by atoms with van der Waals surface area (Å²) < 4.78 is 12.2. The van der Waals surface area contributed by atoms with Crippen LogP contribution in [0, 0.1) is 0 Å². The van der Waals surface area contributed by atoms with Crippen LogP contribution in [0.5, 0.6) is 0 Å².